The molecule has 0 saturated carbocycles. The van der Waals surface area contributed by atoms with Crippen molar-refractivity contribution in [2.24, 2.45) is 4.99 Å². The predicted octanol–water partition coefficient (Wildman–Crippen LogP) is 6.76. The minimum atomic E-state index is 0.474. The van der Waals surface area contributed by atoms with Gasteiger partial charge in [-0.1, -0.05) is 29.3 Å². The van der Waals surface area contributed by atoms with Gasteiger partial charge in [-0.25, -0.2) is 0 Å². The summed E-state index contributed by atoms with van der Waals surface area (Å²) in [5.74, 6) is 0. The zero-order chi connectivity index (χ0) is 17.3. The summed E-state index contributed by atoms with van der Waals surface area (Å²) < 4.78 is 3.44. The number of aromatic nitrogens is 1. The molecule has 1 aromatic heterocycles. The number of aliphatic imine (C=N–C) groups is 1. The molecule has 0 N–H and O–H groups in total. The van der Waals surface area contributed by atoms with E-state index in [9.17, 15) is 0 Å². The standard InChI is InChI=1S/C19H15Cl2IN2/c1-12-10-14(11-23-18-5-3-4-17(20)19(18)21)13(2)24(12)16-8-6-15(22)7-9-16/h3-11H,1-2H3. The minimum Gasteiger partial charge on any atom is -0.318 e. The third kappa shape index (κ3) is 3.53. The molecule has 0 aliphatic carbocycles. The number of halogens is 3. The van der Waals surface area contributed by atoms with Crippen molar-refractivity contribution in [3.63, 3.8) is 0 Å². The average molecular weight is 469 g/mol. The molecular formula is C19H15Cl2IN2. The molecule has 0 radical (unpaired) electrons. The van der Waals surface area contributed by atoms with Crippen molar-refractivity contribution in [1.82, 2.24) is 4.57 Å². The zero-order valence-electron chi connectivity index (χ0n) is 13.2. The first-order valence-electron chi connectivity index (χ1n) is 7.40. The summed E-state index contributed by atoms with van der Waals surface area (Å²) >= 11 is 14.5. The quantitative estimate of drug-likeness (QED) is 0.298. The van der Waals surface area contributed by atoms with E-state index in [1.165, 1.54) is 3.57 Å². The van der Waals surface area contributed by atoms with E-state index in [-0.39, 0.29) is 0 Å². The van der Waals surface area contributed by atoms with E-state index >= 15 is 0 Å². The highest BCUT2D eigenvalue weighted by molar-refractivity contribution is 14.1. The van der Waals surface area contributed by atoms with E-state index in [2.05, 4.69) is 76.3 Å². The molecule has 0 aliphatic heterocycles. The van der Waals surface area contributed by atoms with Crippen LogP contribution in [-0.2, 0) is 0 Å². The predicted molar refractivity (Wildman–Crippen MR) is 112 cm³/mol. The van der Waals surface area contributed by atoms with Crippen LogP contribution >= 0.6 is 45.8 Å². The fourth-order valence-corrected chi connectivity index (χ4v) is 3.34. The molecule has 0 unspecified atom stereocenters. The van der Waals surface area contributed by atoms with Gasteiger partial charge in [0.2, 0.25) is 0 Å². The van der Waals surface area contributed by atoms with Gasteiger partial charge >= 0.3 is 0 Å². The first-order valence-corrected chi connectivity index (χ1v) is 9.24. The molecule has 0 spiro atoms. The van der Waals surface area contributed by atoms with E-state index in [4.69, 9.17) is 23.2 Å². The number of rotatable bonds is 3. The van der Waals surface area contributed by atoms with E-state index in [1.54, 1.807) is 6.07 Å². The van der Waals surface area contributed by atoms with Crippen molar-refractivity contribution < 1.29 is 0 Å². The SMILES string of the molecule is Cc1cc(C=Nc2cccc(Cl)c2Cl)c(C)n1-c1ccc(I)cc1. The lowest BCUT2D eigenvalue weighted by Crippen LogP contribution is -1.99. The first-order chi connectivity index (χ1) is 11.5. The van der Waals surface area contributed by atoms with E-state index in [0.717, 1.165) is 22.6 Å². The van der Waals surface area contributed by atoms with Crippen LogP contribution < -0.4 is 0 Å². The molecule has 0 aliphatic rings. The van der Waals surface area contributed by atoms with Crippen LogP contribution in [0.1, 0.15) is 17.0 Å². The molecule has 0 fully saturated rings. The van der Waals surface area contributed by atoms with E-state index < -0.39 is 0 Å². The maximum atomic E-state index is 6.19. The van der Waals surface area contributed by atoms with E-state index in [1.807, 2.05) is 18.3 Å². The Labute approximate surface area is 165 Å². The lowest BCUT2D eigenvalue weighted by Gasteiger charge is -2.09. The molecule has 24 heavy (non-hydrogen) atoms. The summed E-state index contributed by atoms with van der Waals surface area (Å²) in [5.41, 5.74) is 5.17. The van der Waals surface area contributed by atoms with Crippen molar-refractivity contribution in [2.75, 3.05) is 0 Å². The Morgan fingerprint density at radius 3 is 2.46 bits per heavy atom. The second-order valence-electron chi connectivity index (χ2n) is 5.47. The highest BCUT2D eigenvalue weighted by atomic mass is 127. The molecule has 0 saturated heterocycles. The van der Waals surface area contributed by atoms with Crippen LogP contribution in [0.5, 0.6) is 0 Å². The molecule has 5 heteroatoms. The smallest absolute Gasteiger partial charge is 0.0848 e. The van der Waals surface area contributed by atoms with Gasteiger partial charge in [0.25, 0.3) is 0 Å². The average Bonchev–Trinajstić information content (AvgIpc) is 2.84. The zero-order valence-corrected chi connectivity index (χ0v) is 16.9. The van der Waals surface area contributed by atoms with Gasteiger partial charge in [0.05, 0.1) is 15.7 Å². The highest BCUT2D eigenvalue weighted by Gasteiger charge is 2.10. The molecular weight excluding hydrogens is 454 g/mol. The van der Waals surface area contributed by atoms with Crippen molar-refractivity contribution in [1.29, 1.82) is 0 Å². The van der Waals surface area contributed by atoms with Gasteiger partial charge in [-0.05, 0) is 78.9 Å². The van der Waals surface area contributed by atoms with Gasteiger partial charge in [-0.2, -0.15) is 0 Å². The molecule has 122 valence electrons. The molecule has 0 amide bonds. The van der Waals surface area contributed by atoms with Gasteiger partial charge in [0.1, 0.15) is 0 Å². The molecule has 3 rings (SSSR count). The number of nitrogens with zero attached hydrogens (tertiary/aromatic N) is 2. The van der Waals surface area contributed by atoms with Gasteiger partial charge in [0.15, 0.2) is 0 Å². The Hall–Kier alpha value is -1.30. The second kappa shape index (κ2) is 7.30. The van der Waals surface area contributed by atoms with Gasteiger partial charge in [-0.15, -0.1) is 0 Å². The summed E-state index contributed by atoms with van der Waals surface area (Å²) in [7, 11) is 0. The molecule has 2 nitrogen and oxygen atoms in total. The molecule has 0 atom stereocenters. The molecule has 1 heterocycles. The lowest BCUT2D eigenvalue weighted by atomic mass is 10.2. The summed E-state index contributed by atoms with van der Waals surface area (Å²) in [6.07, 6.45) is 1.84. The Bertz CT molecular complexity index is 912. The van der Waals surface area contributed by atoms with Gasteiger partial charge in [0, 0.05) is 32.4 Å². The third-order valence-electron chi connectivity index (χ3n) is 3.83. The van der Waals surface area contributed by atoms with Crippen LogP contribution in [0.4, 0.5) is 5.69 Å². The fraction of sp³-hybridized carbons (Fsp3) is 0.105. The highest BCUT2D eigenvalue weighted by Crippen LogP contribution is 2.31. The number of hydrogen-bond acceptors (Lipinski definition) is 1. The maximum Gasteiger partial charge on any atom is 0.0848 e. The topological polar surface area (TPSA) is 17.3 Å². The maximum absolute atomic E-state index is 6.19. The molecule has 3 aromatic rings. The Balaban J connectivity index is 1.98. The summed E-state index contributed by atoms with van der Waals surface area (Å²) in [4.78, 5) is 4.50. The number of benzene rings is 2. The largest absolute Gasteiger partial charge is 0.318 e. The summed E-state index contributed by atoms with van der Waals surface area (Å²) in [6, 6.07) is 16.0. The lowest BCUT2D eigenvalue weighted by molar-refractivity contribution is 0.964. The monoisotopic (exact) mass is 468 g/mol. The summed E-state index contributed by atoms with van der Waals surface area (Å²) in [5, 5.41) is 0.984. The van der Waals surface area contributed by atoms with Crippen molar-refractivity contribution in [3.05, 3.63) is 79.1 Å². The number of hydrogen-bond donors (Lipinski definition) is 0. The number of aryl methyl sites for hydroxylation is 1. The van der Waals surface area contributed by atoms with Gasteiger partial charge < -0.3 is 4.57 Å². The second-order valence-corrected chi connectivity index (χ2v) is 7.50. The van der Waals surface area contributed by atoms with Crippen LogP contribution in [0, 0.1) is 17.4 Å². The molecule has 2 aromatic carbocycles. The van der Waals surface area contributed by atoms with E-state index in [0.29, 0.717) is 15.7 Å². The van der Waals surface area contributed by atoms with Crippen molar-refractivity contribution >= 4 is 57.7 Å². The van der Waals surface area contributed by atoms with Crippen LogP contribution in [0.2, 0.25) is 10.0 Å². The van der Waals surface area contributed by atoms with Crippen LogP contribution in [-0.4, -0.2) is 10.8 Å². The normalized spacial score (nSPS) is 11.4. The van der Waals surface area contributed by atoms with Crippen LogP contribution in [0.3, 0.4) is 0 Å². The van der Waals surface area contributed by atoms with Crippen molar-refractivity contribution in [3.8, 4) is 5.69 Å². The Kier molecular flexibility index (Phi) is 5.33. The fourth-order valence-electron chi connectivity index (χ4n) is 2.64. The summed E-state index contributed by atoms with van der Waals surface area (Å²) in [6.45, 7) is 4.18. The van der Waals surface area contributed by atoms with Crippen LogP contribution in [0.25, 0.3) is 5.69 Å². The van der Waals surface area contributed by atoms with Crippen LogP contribution in [0.15, 0.2) is 53.5 Å². The third-order valence-corrected chi connectivity index (χ3v) is 5.36. The van der Waals surface area contributed by atoms with Gasteiger partial charge in [-0.3, -0.25) is 4.99 Å². The Morgan fingerprint density at radius 2 is 1.75 bits per heavy atom. The molecule has 0 bridgehead atoms. The van der Waals surface area contributed by atoms with Crippen molar-refractivity contribution in [2.45, 2.75) is 13.8 Å². The Morgan fingerprint density at radius 1 is 1.04 bits per heavy atom. The minimum absolute atomic E-state index is 0.474. The first kappa shape index (κ1) is 17.5.